The Morgan fingerprint density at radius 1 is 1.12 bits per heavy atom. The van der Waals surface area contributed by atoms with Crippen LogP contribution in [0.4, 0.5) is 0 Å². The van der Waals surface area contributed by atoms with Gasteiger partial charge in [0.1, 0.15) is 11.8 Å². The molecule has 1 atom stereocenters. The van der Waals surface area contributed by atoms with Crippen LogP contribution >= 0.6 is 0 Å². The van der Waals surface area contributed by atoms with Crippen LogP contribution in [-0.4, -0.2) is 31.6 Å². The lowest BCUT2D eigenvalue weighted by Crippen LogP contribution is -2.44. The molecule has 5 heteroatoms. The Kier molecular flexibility index (Phi) is 7.26. The van der Waals surface area contributed by atoms with E-state index in [-0.39, 0.29) is 23.8 Å². The van der Waals surface area contributed by atoms with Gasteiger partial charge in [-0.15, -0.1) is 0 Å². The van der Waals surface area contributed by atoms with Gasteiger partial charge in [0.05, 0.1) is 7.11 Å². The van der Waals surface area contributed by atoms with Crippen LogP contribution in [-0.2, 0) is 19.7 Å². The van der Waals surface area contributed by atoms with Crippen LogP contribution in [0.2, 0.25) is 0 Å². The van der Waals surface area contributed by atoms with Gasteiger partial charge in [-0.05, 0) is 35.4 Å². The van der Waals surface area contributed by atoms with Gasteiger partial charge in [-0.25, -0.2) is 4.79 Å². The summed E-state index contributed by atoms with van der Waals surface area (Å²) < 4.78 is 10.2. The molecule has 0 aliphatic heterocycles. The number of hydrogen-bond donors (Lipinski definition) is 1. The lowest BCUT2D eigenvalue weighted by Gasteiger charge is -2.20. The topological polar surface area (TPSA) is 64.6 Å². The van der Waals surface area contributed by atoms with E-state index in [0.717, 1.165) is 0 Å². The largest absolute Gasteiger partial charge is 0.484 e. The Morgan fingerprint density at radius 2 is 1.71 bits per heavy atom. The minimum Gasteiger partial charge on any atom is -0.484 e. The summed E-state index contributed by atoms with van der Waals surface area (Å²) in [5.41, 5.74) is 1.27. The van der Waals surface area contributed by atoms with Gasteiger partial charge in [-0.1, -0.05) is 46.8 Å². The highest BCUT2D eigenvalue weighted by molar-refractivity contribution is 5.85. The Balaban J connectivity index is 2.57. The van der Waals surface area contributed by atoms with Gasteiger partial charge in [0.2, 0.25) is 0 Å². The number of benzene rings is 1. The normalized spacial score (nSPS) is 12.6. The van der Waals surface area contributed by atoms with Gasteiger partial charge in [-0.2, -0.15) is 0 Å². The summed E-state index contributed by atoms with van der Waals surface area (Å²) in [5, 5.41) is 2.67. The highest BCUT2D eigenvalue weighted by Crippen LogP contribution is 2.24. The van der Waals surface area contributed by atoms with Crippen molar-refractivity contribution in [3.63, 3.8) is 0 Å². The van der Waals surface area contributed by atoms with Gasteiger partial charge in [-0.3, -0.25) is 4.79 Å². The van der Waals surface area contributed by atoms with Crippen molar-refractivity contribution in [2.75, 3.05) is 13.7 Å². The van der Waals surface area contributed by atoms with Crippen molar-refractivity contribution >= 4 is 11.9 Å². The summed E-state index contributed by atoms with van der Waals surface area (Å²) in [6.45, 7) is 10.2. The molecule has 1 aromatic carbocycles. The maximum atomic E-state index is 12.0. The van der Waals surface area contributed by atoms with E-state index in [1.807, 2.05) is 38.1 Å². The van der Waals surface area contributed by atoms with Crippen LogP contribution in [0.3, 0.4) is 0 Å². The summed E-state index contributed by atoms with van der Waals surface area (Å²) in [6.07, 6.45) is 0.526. The van der Waals surface area contributed by atoms with Gasteiger partial charge < -0.3 is 14.8 Å². The average molecular weight is 335 g/mol. The third kappa shape index (κ3) is 6.60. The van der Waals surface area contributed by atoms with E-state index in [0.29, 0.717) is 12.2 Å². The van der Waals surface area contributed by atoms with Gasteiger partial charge in [0, 0.05) is 0 Å². The van der Waals surface area contributed by atoms with Crippen molar-refractivity contribution in [3.05, 3.63) is 29.8 Å². The predicted molar refractivity (Wildman–Crippen MR) is 94.0 cm³/mol. The summed E-state index contributed by atoms with van der Waals surface area (Å²) in [6, 6.07) is 7.03. The second-order valence-corrected chi connectivity index (χ2v) is 7.34. The highest BCUT2D eigenvalue weighted by Gasteiger charge is 2.22. The molecule has 0 saturated carbocycles. The van der Waals surface area contributed by atoms with Crippen LogP contribution in [0.5, 0.6) is 5.75 Å². The highest BCUT2D eigenvalue weighted by atomic mass is 16.5. The minimum absolute atomic E-state index is 0.0699. The first kappa shape index (κ1) is 20.0. The van der Waals surface area contributed by atoms with E-state index < -0.39 is 12.0 Å². The SMILES string of the molecule is COC(=O)C(CC(C)C)NC(=O)COc1ccc(C(C)(C)C)cc1. The maximum Gasteiger partial charge on any atom is 0.328 e. The van der Waals surface area contributed by atoms with Crippen molar-refractivity contribution < 1.29 is 19.1 Å². The molecule has 0 aliphatic rings. The summed E-state index contributed by atoms with van der Waals surface area (Å²) in [5.74, 6) is 0.106. The molecular weight excluding hydrogens is 306 g/mol. The fourth-order valence-electron chi connectivity index (χ4n) is 2.26. The molecule has 0 aromatic heterocycles. The zero-order valence-corrected chi connectivity index (χ0v) is 15.5. The van der Waals surface area contributed by atoms with Gasteiger partial charge >= 0.3 is 5.97 Å². The first-order valence-corrected chi connectivity index (χ1v) is 8.24. The molecule has 1 N–H and O–H groups in total. The standard InChI is InChI=1S/C19H29NO4/c1-13(2)11-16(18(22)23-6)20-17(21)12-24-15-9-7-14(8-10-15)19(3,4)5/h7-10,13,16H,11-12H2,1-6H3,(H,20,21). The number of rotatable bonds is 7. The Hall–Kier alpha value is -2.04. The fraction of sp³-hybridized carbons (Fsp3) is 0.579. The molecular formula is C19H29NO4. The predicted octanol–water partition coefficient (Wildman–Crippen LogP) is 3.07. The van der Waals surface area contributed by atoms with Crippen molar-refractivity contribution in [2.24, 2.45) is 5.92 Å². The van der Waals surface area contributed by atoms with Crippen molar-refractivity contribution in [1.29, 1.82) is 0 Å². The van der Waals surface area contributed by atoms with E-state index in [1.54, 1.807) is 0 Å². The molecule has 0 aliphatic carbocycles. The molecule has 0 saturated heterocycles. The molecule has 1 aromatic rings. The average Bonchev–Trinajstić information content (AvgIpc) is 2.50. The fourth-order valence-corrected chi connectivity index (χ4v) is 2.26. The minimum atomic E-state index is -0.644. The number of methoxy groups -OCH3 is 1. The molecule has 0 radical (unpaired) electrons. The Labute approximate surface area is 144 Å². The molecule has 1 unspecified atom stereocenters. The number of ether oxygens (including phenoxy) is 2. The molecule has 0 spiro atoms. The van der Waals surface area contributed by atoms with Crippen LogP contribution in [0.25, 0.3) is 0 Å². The van der Waals surface area contributed by atoms with Crippen LogP contribution < -0.4 is 10.1 Å². The monoisotopic (exact) mass is 335 g/mol. The zero-order chi connectivity index (χ0) is 18.3. The molecule has 0 fully saturated rings. The Bertz CT molecular complexity index is 543. The van der Waals surface area contributed by atoms with Crippen molar-refractivity contribution in [2.45, 2.75) is 52.5 Å². The molecule has 0 bridgehead atoms. The number of hydrogen-bond acceptors (Lipinski definition) is 4. The second-order valence-electron chi connectivity index (χ2n) is 7.34. The number of nitrogens with one attached hydrogen (secondary N) is 1. The molecule has 1 amide bonds. The lowest BCUT2D eigenvalue weighted by molar-refractivity contribution is -0.145. The number of carbonyl (C=O) groups excluding carboxylic acids is 2. The van der Waals surface area contributed by atoms with E-state index in [2.05, 4.69) is 26.1 Å². The summed E-state index contributed by atoms with van der Waals surface area (Å²) in [7, 11) is 1.31. The van der Waals surface area contributed by atoms with Crippen molar-refractivity contribution in [3.8, 4) is 5.75 Å². The first-order chi connectivity index (χ1) is 11.1. The van der Waals surface area contributed by atoms with E-state index in [9.17, 15) is 9.59 Å². The lowest BCUT2D eigenvalue weighted by atomic mass is 9.87. The van der Waals surface area contributed by atoms with Gasteiger partial charge in [0.15, 0.2) is 6.61 Å². The maximum absolute atomic E-state index is 12.0. The van der Waals surface area contributed by atoms with Gasteiger partial charge in [0.25, 0.3) is 5.91 Å². The van der Waals surface area contributed by atoms with Crippen molar-refractivity contribution in [1.82, 2.24) is 5.32 Å². The van der Waals surface area contributed by atoms with E-state index in [1.165, 1.54) is 12.7 Å². The summed E-state index contributed by atoms with van der Waals surface area (Å²) in [4.78, 5) is 23.7. The molecule has 1 rings (SSSR count). The number of esters is 1. The molecule has 0 heterocycles. The zero-order valence-electron chi connectivity index (χ0n) is 15.5. The molecule has 5 nitrogen and oxygen atoms in total. The number of amides is 1. The quantitative estimate of drug-likeness (QED) is 0.778. The third-order valence-corrected chi connectivity index (χ3v) is 3.62. The second kappa shape index (κ2) is 8.71. The molecule has 134 valence electrons. The summed E-state index contributed by atoms with van der Waals surface area (Å²) >= 11 is 0. The van der Waals surface area contributed by atoms with Crippen LogP contribution in [0, 0.1) is 5.92 Å². The van der Waals surface area contributed by atoms with E-state index >= 15 is 0 Å². The van der Waals surface area contributed by atoms with Crippen LogP contribution in [0.1, 0.15) is 46.6 Å². The smallest absolute Gasteiger partial charge is 0.328 e. The van der Waals surface area contributed by atoms with E-state index in [4.69, 9.17) is 9.47 Å². The number of carbonyl (C=O) groups is 2. The molecule has 24 heavy (non-hydrogen) atoms. The van der Waals surface area contributed by atoms with Crippen LogP contribution in [0.15, 0.2) is 24.3 Å². The Morgan fingerprint density at radius 3 is 2.17 bits per heavy atom. The third-order valence-electron chi connectivity index (χ3n) is 3.62. The first-order valence-electron chi connectivity index (χ1n) is 8.24.